The van der Waals surface area contributed by atoms with Crippen LogP contribution >= 0.6 is 0 Å². The van der Waals surface area contributed by atoms with Crippen molar-refractivity contribution in [2.24, 2.45) is 35.5 Å². The van der Waals surface area contributed by atoms with E-state index in [1.807, 2.05) is 12.2 Å². The molecule has 6 atom stereocenters. The minimum atomic E-state index is -0.403. The van der Waals surface area contributed by atoms with Crippen molar-refractivity contribution in [3.05, 3.63) is 40.5 Å². The molecule has 0 aromatic heterocycles. The van der Waals surface area contributed by atoms with Crippen molar-refractivity contribution in [1.82, 2.24) is 0 Å². The molecule has 4 aliphatic rings. The van der Waals surface area contributed by atoms with Gasteiger partial charge in [0.05, 0.1) is 22.4 Å². The molecule has 2 amide bonds. The number of hydrogen-bond acceptors (Lipinski definition) is 5. The molecule has 0 spiro atoms. The first kappa shape index (κ1) is 18.3. The molecule has 2 saturated heterocycles. The van der Waals surface area contributed by atoms with Crippen molar-refractivity contribution in [2.45, 2.75) is 26.7 Å². The lowest BCUT2D eigenvalue weighted by atomic mass is 9.85. The first-order valence-electron chi connectivity index (χ1n) is 10.4. The van der Waals surface area contributed by atoms with Crippen LogP contribution in [-0.2, 0) is 9.59 Å². The number of anilines is 2. The van der Waals surface area contributed by atoms with Gasteiger partial charge in [-0.25, -0.2) is 4.90 Å². The van der Waals surface area contributed by atoms with Gasteiger partial charge in [-0.2, -0.15) is 0 Å². The summed E-state index contributed by atoms with van der Waals surface area (Å²) in [4.78, 5) is 40.8. The zero-order valence-corrected chi connectivity index (χ0v) is 16.7. The summed E-state index contributed by atoms with van der Waals surface area (Å²) in [6, 6.07) is 4.81. The summed E-state index contributed by atoms with van der Waals surface area (Å²) >= 11 is 0. The van der Waals surface area contributed by atoms with Gasteiger partial charge in [-0.3, -0.25) is 19.7 Å². The topological polar surface area (TPSA) is 83.8 Å². The van der Waals surface area contributed by atoms with Gasteiger partial charge in [0.25, 0.3) is 5.69 Å². The second kappa shape index (κ2) is 6.40. The number of allylic oxidation sites excluding steroid dienone is 2. The molecule has 7 heteroatoms. The van der Waals surface area contributed by atoms with Crippen molar-refractivity contribution >= 4 is 28.9 Å². The van der Waals surface area contributed by atoms with E-state index in [9.17, 15) is 19.7 Å². The monoisotopic (exact) mass is 395 g/mol. The fraction of sp³-hybridized carbons (Fsp3) is 0.545. The number of carbonyl (C=O) groups excluding carboxylic acids is 2. The van der Waals surface area contributed by atoms with Crippen LogP contribution < -0.4 is 9.80 Å². The predicted octanol–water partition coefficient (Wildman–Crippen LogP) is 3.39. The van der Waals surface area contributed by atoms with Crippen LogP contribution in [0.3, 0.4) is 0 Å². The third-order valence-electron chi connectivity index (χ3n) is 7.09. The van der Waals surface area contributed by atoms with Gasteiger partial charge in [0.2, 0.25) is 11.8 Å². The van der Waals surface area contributed by atoms with E-state index in [-0.39, 0.29) is 41.2 Å². The van der Waals surface area contributed by atoms with Crippen molar-refractivity contribution in [1.29, 1.82) is 0 Å². The summed E-state index contributed by atoms with van der Waals surface area (Å²) in [5.74, 6) is 0.136. The Morgan fingerprint density at radius 2 is 1.55 bits per heavy atom. The van der Waals surface area contributed by atoms with Gasteiger partial charge in [-0.1, -0.05) is 26.0 Å². The SMILES string of the molecule is C[C@@H]1C[C@H](C)CN(c2ccc(N3C(=O)[C@@H]4[C@H](C3=O)[C@H]3C=C[C@H]4C3)cc2[N+](=O)[O-])C1. The maximum absolute atomic E-state index is 13.0. The first-order chi connectivity index (χ1) is 13.8. The Balaban J connectivity index is 1.49. The summed E-state index contributed by atoms with van der Waals surface area (Å²) in [6.45, 7) is 5.85. The summed E-state index contributed by atoms with van der Waals surface area (Å²) in [7, 11) is 0. The Morgan fingerprint density at radius 3 is 2.10 bits per heavy atom. The quantitative estimate of drug-likeness (QED) is 0.339. The second-order valence-corrected chi connectivity index (χ2v) is 9.29. The van der Waals surface area contributed by atoms with Crippen LogP contribution in [0.2, 0.25) is 0 Å². The fourth-order valence-corrected chi connectivity index (χ4v) is 6.08. The number of amides is 2. The molecule has 152 valence electrons. The number of piperidine rings is 1. The summed E-state index contributed by atoms with van der Waals surface area (Å²) in [6.07, 6.45) is 6.07. The number of imide groups is 1. The fourth-order valence-electron chi connectivity index (χ4n) is 6.08. The minimum Gasteiger partial charge on any atom is -0.365 e. The number of hydrogen-bond donors (Lipinski definition) is 0. The zero-order valence-electron chi connectivity index (χ0n) is 16.7. The molecule has 2 aliphatic heterocycles. The molecule has 7 nitrogen and oxygen atoms in total. The summed E-state index contributed by atoms with van der Waals surface area (Å²) in [5, 5.41) is 11.8. The molecule has 0 radical (unpaired) electrons. The average Bonchev–Trinajstić information content (AvgIpc) is 3.34. The van der Waals surface area contributed by atoms with Gasteiger partial charge in [-0.05, 0) is 48.6 Å². The molecule has 1 saturated carbocycles. The van der Waals surface area contributed by atoms with E-state index < -0.39 is 4.92 Å². The maximum Gasteiger partial charge on any atom is 0.294 e. The highest BCUT2D eigenvalue weighted by atomic mass is 16.6. The third kappa shape index (κ3) is 2.70. The number of benzene rings is 1. The molecule has 2 heterocycles. The van der Waals surface area contributed by atoms with Gasteiger partial charge >= 0.3 is 0 Å². The highest BCUT2D eigenvalue weighted by Crippen LogP contribution is 2.53. The van der Waals surface area contributed by atoms with Crippen LogP contribution in [0.25, 0.3) is 0 Å². The van der Waals surface area contributed by atoms with Gasteiger partial charge in [-0.15, -0.1) is 0 Å². The van der Waals surface area contributed by atoms with E-state index in [2.05, 4.69) is 18.7 Å². The Morgan fingerprint density at radius 1 is 0.966 bits per heavy atom. The summed E-state index contributed by atoms with van der Waals surface area (Å²) < 4.78 is 0. The molecule has 29 heavy (non-hydrogen) atoms. The molecule has 5 rings (SSSR count). The maximum atomic E-state index is 13.0. The van der Waals surface area contributed by atoms with Gasteiger partial charge in [0, 0.05) is 19.2 Å². The Hall–Kier alpha value is -2.70. The first-order valence-corrected chi connectivity index (χ1v) is 10.4. The van der Waals surface area contributed by atoms with Gasteiger partial charge in [0.15, 0.2) is 0 Å². The van der Waals surface area contributed by atoms with E-state index in [0.717, 1.165) is 25.9 Å². The number of fused-ring (bicyclic) bond motifs is 5. The summed E-state index contributed by atoms with van der Waals surface area (Å²) in [5.41, 5.74) is 0.850. The van der Waals surface area contributed by atoms with Crippen LogP contribution in [0.1, 0.15) is 26.7 Å². The highest BCUT2D eigenvalue weighted by Gasteiger charge is 2.59. The van der Waals surface area contributed by atoms with Gasteiger partial charge in [0.1, 0.15) is 5.69 Å². The molecule has 0 unspecified atom stereocenters. The lowest BCUT2D eigenvalue weighted by molar-refractivity contribution is -0.384. The molecule has 0 N–H and O–H groups in total. The predicted molar refractivity (Wildman–Crippen MR) is 108 cm³/mol. The van der Waals surface area contributed by atoms with Crippen LogP contribution in [0, 0.1) is 45.6 Å². The number of rotatable bonds is 3. The van der Waals surface area contributed by atoms with Crippen molar-refractivity contribution in [3.8, 4) is 0 Å². The van der Waals surface area contributed by atoms with E-state index in [1.54, 1.807) is 12.1 Å². The number of nitro groups is 1. The lowest BCUT2D eigenvalue weighted by Crippen LogP contribution is -2.39. The number of carbonyl (C=O) groups is 2. The van der Waals surface area contributed by atoms with E-state index in [1.165, 1.54) is 11.0 Å². The number of nitrogens with zero attached hydrogens (tertiary/aromatic N) is 3. The Bertz CT molecular complexity index is 902. The van der Waals surface area contributed by atoms with Crippen molar-refractivity contribution < 1.29 is 14.5 Å². The normalized spacial score (nSPS) is 35.5. The highest BCUT2D eigenvalue weighted by molar-refractivity contribution is 6.23. The van der Waals surface area contributed by atoms with Crippen molar-refractivity contribution in [3.63, 3.8) is 0 Å². The van der Waals surface area contributed by atoms with Crippen molar-refractivity contribution in [2.75, 3.05) is 22.9 Å². The molecule has 1 aromatic rings. The van der Waals surface area contributed by atoms with Gasteiger partial charge < -0.3 is 4.90 Å². The average molecular weight is 395 g/mol. The minimum absolute atomic E-state index is 0.0393. The molecule has 2 bridgehead atoms. The zero-order chi connectivity index (χ0) is 20.4. The van der Waals surface area contributed by atoms with Crippen LogP contribution in [-0.4, -0.2) is 29.8 Å². The third-order valence-corrected chi connectivity index (χ3v) is 7.09. The van der Waals surface area contributed by atoms with E-state index >= 15 is 0 Å². The molecule has 1 aromatic carbocycles. The molecular formula is C22H25N3O4. The Kier molecular flexibility index (Phi) is 4.05. The standard InChI is InChI=1S/C22H25N3O4/c1-12-7-13(2)11-23(10-12)17-6-5-16(9-18(17)25(28)29)24-21(26)19-14-3-4-15(8-14)20(19)22(24)27/h3-6,9,12-15,19-20H,7-8,10-11H2,1-2H3/t12-,13+,14-,15-,19-,20+/m0/s1. The number of nitro benzene ring substituents is 1. The molecular weight excluding hydrogens is 370 g/mol. The second-order valence-electron chi connectivity index (χ2n) is 9.29. The largest absolute Gasteiger partial charge is 0.365 e. The van der Waals surface area contributed by atoms with Crippen LogP contribution in [0.15, 0.2) is 30.4 Å². The van der Waals surface area contributed by atoms with E-state index in [4.69, 9.17) is 0 Å². The Labute approximate surface area is 169 Å². The lowest BCUT2D eigenvalue weighted by Gasteiger charge is -2.36. The van der Waals surface area contributed by atoms with E-state index in [0.29, 0.717) is 23.2 Å². The molecule has 3 fully saturated rings. The van der Waals surface area contributed by atoms with Crippen LogP contribution in [0.5, 0.6) is 0 Å². The molecule has 2 aliphatic carbocycles. The smallest absolute Gasteiger partial charge is 0.294 e. The van der Waals surface area contributed by atoms with Crippen LogP contribution in [0.4, 0.5) is 17.1 Å².